The molecule has 20 heavy (non-hydrogen) atoms. The molecule has 4 nitrogen and oxygen atoms in total. The minimum Gasteiger partial charge on any atom is -0.384 e. The Balaban J connectivity index is 3.23. The molecule has 0 saturated carbocycles. The zero-order valence-electron chi connectivity index (χ0n) is 11.3. The van der Waals surface area contributed by atoms with Crippen molar-refractivity contribution in [3.05, 3.63) is 29.6 Å². The summed E-state index contributed by atoms with van der Waals surface area (Å²) < 4.78 is 39.2. The van der Waals surface area contributed by atoms with Gasteiger partial charge in [0.1, 0.15) is 12.4 Å². The predicted octanol–water partition coefficient (Wildman–Crippen LogP) is 1.15. The molecule has 0 unspecified atom stereocenters. The topological polar surface area (TPSA) is 57.6 Å². The van der Waals surface area contributed by atoms with Crippen molar-refractivity contribution in [3.8, 4) is 11.8 Å². The van der Waals surface area contributed by atoms with Crippen LogP contribution in [0.3, 0.4) is 0 Å². The Kier molecular flexibility index (Phi) is 6.49. The molecule has 0 saturated heterocycles. The maximum atomic E-state index is 13.2. The molecule has 110 valence electrons. The van der Waals surface area contributed by atoms with E-state index in [4.69, 9.17) is 5.11 Å². The van der Waals surface area contributed by atoms with Crippen LogP contribution in [0.5, 0.6) is 0 Å². The summed E-state index contributed by atoms with van der Waals surface area (Å²) in [6.45, 7) is -0.0634. The number of aliphatic hydroxyl groups is 1. The molecule has 0 heterocycles. The molecule has 1 rings (SSSR count). The van der Waals surface area contributed by atoms with Gasteiger partial charge in [-0.2, -0.15) is 11.8 Å². The van der Waals surface area contributed by atoms with Crippen LogP contribution in [-0.2, 0) is 10.0 Å². The van der Waals surface area contributed by atoms with Gasteiger partial charge in [-0.15, -0.1) is 0 Å². The second-order valence-corrected chi connectivity index (χ2v) is 6.92. The fourth-order valence-electron chi connectivity index (χ4n) is 1.47. The minimum absolute atomic E-state index is 0.0510. The predicted molar refractivity (Wildman–Crippen MR) is 78.6 cm³/mol. The SMILES string of the molecule is CSCCN(C)S(=O)(=O)c1ccc(F)cc1C#CCO. The van der Waals surface area contributed by atoms with E-state index in [0.717, 1.165) is 12.1 Å². The van der Waals surface area contributed by atoms with Crippen LogP contribution < -0.4 is 0 Å². The second kappa shape index (κ2) is 7.64. The van der Waals surface area contributed by atoms with Crippen molar-refractivity contribution in [1.82, 2.24) is 4.31 Å². The van der Waals surface area contributed by atoms with Crippen LogP contribution in [0.15, 0.2) is 23.1 Å². The van der Waals surface area contributed by atoms with E-state index >= 15 is 0 Å². The van der Waals surface area contributed by atoms with Crippen molar-refractivity contribution in [2.24, 2.45) is 0 Å². The molecule has 0 spiro atoms. The molecule has 0 amide bonds. The molecule has 1 aromatic rings. The molecule has 0 bridgehead atoms. The van der Waals surface area contributed by atoms with Crippen LogP contribution >= 0.6 is 11.8 Å². The van der Waals surface area contributed by atoms with E-state index in [1.165, 1.54) is 29.2 Å². The van der Waals surface area contributed by atoms with Crippen LogP contribution in [0.4, 0.5) is 4.39 Å². The quantitative estimate of drug-likeness (QED) is 0.828. The highest BCUT2D eigenvalue weighted by molar-refractivity contribution is 7.98. The van der Waals surface area contributed by atoms with Crippen molar-refractivity contribution >= 4 is 21.8 Å². The number of aliphatic hydroxyl groups excluding tert-OH is 1. The molecule has 0 fully saturated rings. The first kappa shape index (κ1) is 17.0. The zero-order chi connectivity index (χ0) is 15.2. The van der Waals surface area contributed by atoms with Crippen LogP contribution in [0, 0.1) is 17.7 Å². The van der Waals surface area contributed by atoms with Gasteiger partial charge in [0.2, 0.25) is 10.0 Å². The van der Waals surface area contributed by atoms with Crippen molar-refractivity contribution in [2.75, 3.05) is 32.2 Å². The Labute approximate surface area is 123 Å². The molecule has 0 aliphatic carbocycles. The van der Waals surface area contributed by atoms with E-state index in [2.05, 4.69) is 11.8 Å². The average molecular weight is 317 g/mol. The van der Waals surface area contributed by atoms with Gasteiger partial charge in [0.05, 0.1) is 4.90 Å². The standard InChI is InChI=1S/C13H16FNO3S2/c1-15(7-9-19-2)20(17,18)13-6-5-12(14)10-11(13)4-3-8-16/h5-6,10,16H,7-9H2,1-2H3. The van der Waals surface area contributed by atoms with Gasteiger partial charge >= 0.3 is 0 Å². The lowest BCUT2D eigenvalue weighted by atomic mass is 10.2. The summed E-state index contributed by atoms with van der Waals surface area (Å²) in [6, 6.07) is 3.33. The van der Waals surface area contributed by atoms with Crippen LogP contribution in [0.1, 0.15) is 5.56 Å². The Hall–Kier alpha value is -1.07. The maximum Gasteiger partial charge on any atom is 0.244 e. The fraction of sp³-hybridized carbons (Fsp3) is 0.385. The van der Waals surface area contributed by atoms with E-state index in [9.17, 15) is 12.8 Å². The number of rotatable bonds is 5. The Morgan fingerprint density at radius 1 is 1.45 bits per heavy atom. The highest BCUT2D eigenvalue weighted by Gasteiger charge is 2.23. The van der Waals surface area contributed by atoms with Gasteiger partial charge in [-0.1, -0.05) is 11.8 Å². The highest BCUT2D eigenvalue weighted by atomic mass is 32.2. The summed E-state index contributed by atoms with van der Waals surface area (Å²) in [6.07, 6.45) is 1.89. The Bertz CT molecular complexity index is 620. The minimum atomic E-state index is -3.72. The molecule has 0 atom stereocenters. The third-order valence-corrected chi connectivity index (χ3v) is 5.05. The van der Waals surface area contributed by atoms with E-state index in [1.54, 1.807) is 0 Å². The van der Waals surface area contributed by atoms with E-state index in [-0.39, 0.29) is 10.5 Å². The van der Waals surface area contributed by atoms with Gasteiger partial charge in [-0.3, -0.25) is 0 Å². The van der Waals surface area contributed by atoms with Crippen molar-refractivity contribution in [1.29, 1.82) is 0 Å². The molecule has 1 N–H and O–H groups in total. The summed E-state index contributed by atoms with van der Waals surface area (Å²) in [5, 5.41) is 8.69. The zero-order valence-corrected chi connectivity index (χ0v) is 12.9. The maximum absolute atomic E-state index is 13.2. The fourth-order valence-corrected chi connectivity index (χ4v) is 3.33. The van der Waals surface area contributed by atoms with Crippen molar-refractivity contribution in [3.63, 3.8) is 0 Å². The summed E-state index contributed by atoms with van der Waals surface area (Å²) in [4.78, 5) is -0.0524. The molecule has 0 aromatic heterocycles. The normalized spacial score (nSPS) is 11.2. The molecular formula is C13H16FNO3S2. The molecule has 7 heteroatoms. The average Bonchev–Trinajstić information content (AvgIpc) is 2.42. The highest BCUT2D eigenvalue weighted by Crippen LogP contribution is 2.20. The van der Waals surface area contributed by atoms with Crippen LogP contribution in [0.2, 0.25) is 0 Å². The van der Waals surface area contributed by atoms with E-state index in [1.807, 2.05) is 6.26 Å². The lowest BCUT2D eigenvalue weighted by Gasteiger charge is -2.17. The molecule has 0 radical (unpaired) electrons. The summed E-state index contributed by atoms with van der Waals surface area (Å²) in [5.74, 6) is 4.90. The van der Waals surface area contributed by atoms with Crippen molar-refractivity contribution < 1.29 is 17.9 Å². The lowest BCUT2D eigenvalue weighted by molar-refractivity contribution is 0.350. The van der Waals surface area contributed by atoms with Gasteiger partial charge in [-0.25, -0.2) is 17.1 Å². The summed E-state index contributed by atoms with van der Waals surface area (Å²) in [5.41, 5.74) is 0.0510. The van der Waals surface area contributed by atoms with Crippen LogP contribution in [-0.4, -0.2) is 50.0 Å². The third-order valence-electron chi connectivity index (χ3n) is 2.54. The first-order valence-corrected chi connectivity index (χ1v) is 8.61. The third kappa shape index (κ3) is 4.21. The Morgan fingerprint density at radius 3 is 2.75 bits per heavy atom. The van der Waals surface area contributed by atoms with Crippen LogP contribution in [0.25, 0.3) is 0 Å². The van der Waals surface area contributed by atoms with E-state index in [0.29, 0.717) is 12.3 Å². The summed E-state index contributed by atoms with van der Waals surface area (Å²) in [7, 11) is -2.25. The van der Waals surface area contributed by atoms with Gasteiger partial charge in [0.15, 0.2) is 0 Å². The monoisotopic (exact) mass is 317 g/mol. The number of benzene rings is 1. The number of hydrogen-bond acceptors (Lipinski definition) is 4. The second-order valence-electron chi connectivity index (χ2n) is 3.92. The van der Waals surface area contributed by atoms with Gasteiger partial charge in [0, 0.05) is 24.9 Å². The number of nitrogens with zero attached hydrogens (tertiary/aromatic N) is 1. The lowest BCUT2D eigenvalue weighted by Crippen LogP contribution is -2.29. The number of thioether (sulfide) groups is 1. The Morgan fingerprint density at radius 2 is 2.15 bits per heavy atom. The number of sulfonamides is 1. The molecule has 0 aliphatic rings. The first-order chi connectivity index (χ1) is 9.43. The van der Waals surface area contributed by atoms with Gasteiger partial charge in [-0.05, 0) is 24.5 Å². The van der Waals surface area contributed by atoms with Gasteiger partial charge in [0.25, 0.3) is 0 Å². The molecular weight excluding hydrogens is 301 g/mol. The molecule has 1 aromatic carbocycles. The smallest absolute Gasteiger partial charge is 0.244 e. The summed E-state index contributed by atoms with van der Waals surface area (Å²) >= 11 is 1.53. The number of hydrogen-bond donors (Lipinski definition) is 1. The van der Waals surface area contributed by atoms with Crippen molar-refractivity contribution in [2.45, 2.75) is 4.90 Å². The van der Waals surface area contributed by atoms with Gasteiger partial charge < -0.3 is 5.11 Å². The first-order valence-electron chi connectivity index (χ1n) is 5.78. The molecule has 0 aliphatic heterocycles. The largest absolute Gasteiger partial charge is 0.384 e. The number of halogens is 1. The van der Waals surface area contributed by atoms with E-state index < -0.39 is 22.4 Å².